The number of hydrogen-bond donors (Lipinski definition) is 0. The molecule has 1 aliphatic heterocycles. The first-order valence-electron chi connectivity index (χ1n) is 29.8. The zero-order chi connectivity index (χ0) is 54.6. The largest absolute Gasteiger partial charge is 0.457 e. The van der Waals surface area contributed by atoms with Crippen molar-refractivity contribution in [3.05, 3.63) is 278 Å². The van der Waals surface area contributed by atoms with Gasteiger partial charge in [0.25, 0.3) is 0 Å². The summed E-state index contributed by atoms with van der Waals surface area (Å²) >= 11 is 0. The first kappa shape index (κ1) is 48.0. The molecule has 11 aromatic carbocycles. The molecule has 0 amide bonds. The number of para-hydroxylation sites is 4. The molecule has 0 spiro atoms. The number of anilines is 4. The average molecular weight is 1070 g/mol. The van der Waals surface area contributed by atoms with E-state index in [0.717, 1.165) is 68.4 Å². The number of fused-ring (bicyclic) bond motifs is 7. The molecule has 5 heteroatoms. The zero-order valence-corrected chi connectivity index (χ0v) is 46.2. The van der Waals surface area contributed by atoms with Gasteiger partial charge in [0.2, 0.25) is 0 Å². The highest BCUT2D eigenvalue weighted by Crippen LogP contribution is 2.66. The number of ether oxygens (including phenoxy) is 1. The number of nitrogens with zero attached hydrogens (tertiary/aromatic N) is 4. The predicted octanol–water partition coefficient (Wildman–Crippen LogP) is 20.3. The minimum atomic E-state index is -0.135. The summed E-state index contributed by atoms with van der Waals surface area (Å²) in [6.45, 7) is 0.597. The van der Waals surface area contributed by atoms with Crippen molar-refractivity contribution in [2.24, 2.45) is 23.7 Å². The van der Waals surface area contributed by atoms with Crippen molar-refractivity contribution in [2.45, 2.75) is 37.5 Å². The Morgan fingerprint density at radius 3 is 1.73 bits per heavy atom. The van der Waals surface area contributed by atoms with Crippen LogP contribution in [0.25, 0.3) is 82.5 Å². The van der Waals surface area contributed by atoms with Gasteiger partial charge >= 0.3 is 0 Å². The third-order valence-corrected chi connectivity index (χ3v) is 19.5. The fraction of sp³-hybridized carbons (Fsp3) is 0.141. The number of hydrogen-bond acceptors (Lipinski definition) is 4. The van der Waals surface area contributed by atoms with Gasteiger partial charge in [0.1, 0.15) is 24.0 Å². The minimum Gasteiger partial charge on any atom is -0.457 e. The SMILES string of the molecule is c1ccc(-c2cc(Oc3ccc4c5ccccc5n(-c5cc(C6(c7cccc8c7ccc7ccccc78)C7CC8CC(C7)CC6C8)ccn5)c4c3)cc(N3CN(c4c(-c5ccccc5)cccc4-c4ccccc4)c4ccccc43)c2)cc1. The van der Waals surface area contributed by atoms with E-state index < -0.39 is 0 Å². The lowest BCUT2D eigenvalue weighted by Gasteiger charge is -2.62. The van der Waals surface area contributed by atoms with Crippen LogP contribution in [0.15, 0.2) is 267 Å². The van der Waals surface area contributed by atoms with Crippen LogP contribution >= 0.6 is 0 Å². The van der Waals surface area contributed by atoms with Crippen LogP contribution in [0.3, 0.4) is 0 Å². The molecule has 5 aliphatic rings. The van der Waals surface area contributed by atoms with E-state index in [-0.39, 0.29) is 5.41 Å². The molecule has 18 rings (SSSR count). The van der Waals surface area contributed by atoms with E-state index >= 15 is 0 Å². The molecule has 4 bridgehead atoms. The van der Waals surface area contributed by atoms with Gasteiger partial charge in [-0.1, -0.05) is 194 Å². The second-order valence-corrected chi connectivity index (χ2v) is 23.9. The Morgan fingerprint density at radius 1 is 0.398 bits per heavy atom. The number of pyridine rings is 1. The van der Waals surface area contributed by atoms with Crippen molar-refractivity contribution in [3.8, 4) is 50.7 Å². The van der Waals surface area contributed by atoms with Crippen LogP contribution in [0, 0.1) is 23.7 Å². The van der Waals surface area contributed by atoms with Crippen molar-refractivity contribution >= 4 is 66.1 Å². The summed E-state index contributed by atoms with van der Waals surface area (Å²) in [4.78, 5) is 10.3. The van der Waals surface area contributed by atoms with Gasteiger partial charge in [-0.2, -0.15) is 0 Å². The van der Waals surface area contributed by atoms with Gasteiger partial charge in [-0.3, -0.25) is 4.57 Å². The van der Waals surface area contributed by atoms with Gasteiger partial charge in [-0.25, -0.2) is 4.98 Å². The highest BCUT2D eigenvalue weighted by atomic mass is 16.5. The normalized spacial score (nSPS) is 19.8. The summed E-state index contributed by atoms with van der Waals surface area (Å²) in [6, 6.07) is 95.8. The van der Waals surface area contributed by atoms with Crippen molar-refractivity contribution < 1.29 is 4.74 Å². The van der Waals surface area contributed by atoms with Crippen molar-refractivity contribution in [1.82, 2.24) is 9.55 Å². The van der Waals surface area contributed by atoms with Crippen LogP contribution in [-0.2, 0) is 5.41 Å². The van der Waals surface area contributed by atoms with E-state index in [1.807, 2.05) is 0 Å². The molecule has 13 aromatic rings. The molecule has 4 saturated carbocycles. The topological polar surface area (TPSA) is 33.5 Å². The smallest absolute Gasteiger partial charge is 0.137 e. The molecule has 5 nitrogen and oxygen atoms in total. The molecule has 4 aliphatic carbocycles. The molecule has 0 radical (unpaired) electrons. The highest BCUT2D eigenvalue weighted by molar-refractivity contribution is 6.10. The van der Waals surface area contributed by atoms with Gasteiger partial charge in [0.15, 0.2) is 0 Å². The molecule has 0 saturated heterocycles. The molecule has 0 N–H and O–H groups in total. The molecule has 398 valence electrons. The maximum Gasteiger partial charge on any atom is 0.137 e. The fourth-order valence-corrected chi connectivity index (χ4v) is 16.3. The Kier molecular flexibility index (Phi) is 11.1. The van der Waals surface area contributed by atoms with E-state index in [0.29, 0.717) is 18.5 Å². The van der Waals surface area contributed by atoms with E-state index in [1.165, 1.54) is 103 Å². The third kappa shape index (κ3) is 7.71. The maximum atomic E-state index is 7.24. The van der Waals surface area contributed by atoms with Crippen LogP contribution < -0.4 is 14.5 Å². The summed E-state index contributed by atoms with van der Waals surface area (Å²) in [5.74, 6) is 5.24. The van der Waals surface area contributed by atoms with Gasteiger partial charge in [0.05, 0.1) is 28.1 Å². The Morgan fingerprint density at radius 2 is 1.00 bits per heavy atom. The van der Waals surface area contributed by atoms with Gasteiger partial charge in [-0.05, 0) is 165 Å². The van der Waals surface area contributed by atoms with Crippen molar-refractivity contribution in [1.29, 1.82) is 0 Å². The fourth-order valence-electron chi connectivity index (χ4n) is 16.3. The Labute approximate surface area is 484 Å². The molecule has 0 unspecified atom stereocenters. The summed E-state index contributed by atoms with van der Waals surface area (Å²) in [7, 11) is 0. The van der Waals surface area contributed by atoms with Crippen LogP contribution in [0.1, 0.15) is 43.2 Å². The number of aromatic nitrogens is 2. The average Bonchev–Trinajstić information content (AvgIpc) is 1.68. The molecule has 4 fully saturated rings. The molecule has 3 heterocycles. The summed E-state index contributed by atoms with van der Waals surface area (Å²) < 4.78 is 9.65. The summed E-state index contributed by atoms with van der Waals surface area (Å²) in [5.41, 5.74) is 16.4. The molecule has 0 atom stereocenters. The van der Waals surface area contributed by atoms with Gasteiger partial charge in [-0.15, -0.1) is 0 Å². The van der Waals surface area contributed by atoms with E-state index in [2.05, 4.69) is 281 Å². The molecule has 2 aromatic heterocycles. The first-order valence-corrected chi connectivity index (χ1v) is 29.8. The second-order valence-electron chi connectivity index (χ2n) is 23.9. The van der Waals surface area contributed by atoms with E-state index in [1.54, 1.807) is 0 Å². The van der Waals surface area contributed by atoms with Gasteiger partial charge < -0.3 is 14.5 Å². The lowest BCUT2D eigenvalue weighted by Crippen LogP contribution is -2.56. The number of benzene rings is 11. The lowest BCUT2D eigenvalue weighted by atomic mass is 9.42. The highest BCUT2D eigenvalue weighted by Gasteiger charge is 2.59. The molecule has 83 heavy (non-hydrogen) atoms. The van der Waals surface area contributed by atoms with Crippen molar-refractivity contribution in [3.63, 3.8) is 0 Å². The predicted molar refractivity (Wildman–Crippen MR) is 343 cm³/mol. The van der Waals surface area contributed by atoms with E-state index in [4.69, 9.17) is 9.72 Å². The summed E-state index contributed by atoms with van der Waals surface area (Å²) in [6.07, 6.45) is 8.67. The van der Waals surface area contributed by atoms with Crippen LogP contribution in [0.5, 0.6) is 11.5 Å². The standard InChI is InChI=1S/C78H60N4O/c1-4-18-53(19-5-1)57-45-61(80-50-81(74-33-15-14-32-73(74)80)77-65(54-20-6-2-7-21-54)27-16-28-66(77)55-22-8-3-9-23-55)48-63(46-57)83-62-35-37-70-69-26-12-13-31-72(69)82(75(70)49-62)76-47-58(38-39-79-76)78(59-41-51-40-52(43-59)44-60(78)42-51)71-30-17-29-67-64-25-11-10-24-56(64)34-36-68(67)71/h1-39,45-49,51-52,59-60H,40-44,50H2. The van der Waals surface area contributed by atoms with Gasteiger partial charge in [0, 0.05) is 51.3 Å². The molecular weight excluding hydrogens is 1010 g/mol. The third-order valence-electron chi connectivity index (χ3n) is 19.5. The quantitative estimate of drug-likeness (QED) is 0.128. The van der Waals surface area contributed by atoms with Crippen LogP contribution in [0.2, 0.25) is 0 Å². The zero-order valence-electron chi connectivity index (χ0n) is 46.2. The van der Waals surface area contributed by atoms with Crippen LogP contribution in [-0.4, -0.2) is 16.2 Å². The summed E-state index contributed by atoms with van der Waals surface area (Å²) in [5, 5.41) is 7.74. The Hall–Kier alpha value is -9.71. The van der Waals surface area contributed by atoms with Crippen molar-refractivity contribution in [2.75, 3.05) is 16.5 Å². The second kappa shape index (κ2) is 19.2. The Balaban J connectivity index is 0.791. The maximum absolute atomic E-state index is 7.24. The first-order chi connectivity index (χ1) is 41.1. The van der Waals surface area contributed by atoms with E-state index in [9.17, 15) is 0 Å². The Bertz CT molecular complexity index is 4580. The monoisotopic (exact) mass is 1070 g/mol. The molecular formula is C78H60N4O. The lowest BCUT2D eigenvalue weighted by molar-refractivity contribution is -0.0412. The minimum absolute atomic E-state index is 0.135. The number of rotatable bonds is 10. The van der Waals surface area contributed by atoms with Crippen LogP contribution in [0.4, 0.5) is 22.7 Å².